The molecule has 4 rings (SSSR count). The third-order valence-corrected chi connectivity index (χ3v) is 12.7. The first kappa shape index (κ1) is 46.2. The van der Waals surface area contributed by atoms with E-state index in [4.69, 9.17) is 23.7 Å². The first-order valence-corrected chi connectivity index (χ1v) is 18.9. The van der Waals surface area contributed by atoms with Gasteiger partial charge < -0.3 is 23.7 Å². The van der Waals surface area contributed by atoms with E-state index in [2.05, 4.69) is 166 Å². The molecular weight excluding hydrogens is 612 g/mol. The van der Waals surface area contributed by atoms with Gasteiger partial charge in [0.15, 0.2) is 5.60 Å². The van der Waals surface area contributed by atoms with Crippen molar-refractivity contribution in [2.45, 2.75) is 196 Å². The van der Waals surface area contributed by atoms with Crippen LogP contribution in [0, 0.1) is 48.7 Å². The van der Waals surface area contributed by atoms with Crippen molar-refractivity contribution in [1.29, 1.82) is 0 Å². The first-order chi connectivity index (χ1) is 21.2. The molecule has 6 heteroatoms. The van der Waals surface area contributed by atoms with Crippen LogP contribution in [0.1, 0.15) is 179 Å². The quantitative estimate of drug-likeness (QED) is 0.185. The van der Waals surface area contributed by atoms with E-state index >= 15 is 0 Å². The average molecular weight is 697 g/mol. The Balaban J connectivity index is 0.000000328. The summed E-state index contributed by atoms with van der Waals surface area (Å²) < 4.78 is 27.2. The van der Waals surface area contributed by atoms with Crippen LogP contribution in [-0.4, -0.2) is 49.6 Å². The summed E-state index contributed by atoms with van der Waals surface area (Å²) in [7, 11) is 0. The van der Waals surface area contributed by atoms with Gasteiger partial charge in [-0.15, -0.1) is 0 Å². The number of cyclic esters (lactones) is 2. The number of rotatable bonds is 0. The second-order valence-electron chi connectivity index (χ2n) is 23.6. The van der Waals surface area contributed by atoms with Crippen LogP contribution >= 0.6 is 0 Å². The Morgan fingerprint density at radius 1 is 0.408 bits per heavy atom. The van der Waals surface area contributed by atoms with E-state index in [1.54, 1.807) is 0 Å². The third-order valence-electron chi connectivity index (χ3n) is 12.7. The summed E-state index contributed by atoms with van der Waals surface area (Å²) in [6.45, 7) is 55.9. The van der Waals surface area contributed by atoms with Gasteiger partial charge in [0, 0.05) is 10.8 Å². The molecule has 0 aromatic heterocycles. The van der Waals surface area contributed by atoms with Gasteiger partial charge in [-0.2, -0.15) is 0 Å². The molecule has 1 saturated carbocycles. The minimum Gasteiger partial charge on any atom is -0.430 e. The predicted molar refractivity (Wildman–Crippen MR) is 206 cm³/mol. The maximum absolute atomic E-state index is 11.1. The summed E-state index contributed by atoms with van der Waals surface area (Å²) in [5.41, 5.74) is 1.56. The van der Waals surface area contributed by atoms with Crippen molar-refractivity contribution in [3.8, 4) is 0 Å². The lowest BCUT2D eigenvalue weighted by Gasteiger charge is -2.48. The van der Waals surface area contributed by atoms with Gasteiger partial charge in [-0.3, -0.25) is 0 Å². The Labute approximate surface area is 305 Å². The van der Waals surface area contributed by atoms with Gasteiger partial charge in [0.2, 0.25) is 0 Å². The van der Waals surface area contributed by atoms with Gasteiger partial charge >= 0.3 is 6.16 Å². The minimum absolute atomic E-state index is 0.113. The molecule has 0 spiro atoms. The van der Waals surface area contributed by atoms with Crippen molar-refractivity contribution in [3.05, 3.63) is 0 Å². The van der Waals surface area contributed by atoms with Crippen LogP contribution in [0.25, 0.3) is 0 Å². The van der Waals surface area contributed by atoms with Gasteiger partial charge in [0.25, 0.3) is 0 Å². The lowest BCUT2D eigenvalue weighted by molar-refractivity contribution is -0.141. The molecule has 4 aliphatic rings. The highest BCUT2D eigenvalue weighted by Gasteiger charge is 2.62. The minimum atomic E-state index is -0.546. The smallest absolute Gasteiger partial charge is 0.430 e. The molecule has 0 aromatic rings. The normalized spacial score (nSPS) is 23.0. The number of hydrogen-bond donors (Lipinski definition) is 0. The highest BCUT2D eigenvalue weighted by atomic mass is 16.8. The Morgan fingerprint density at radius 2 is 0.714 bits per heavy atom. The van der Waals surface area contributed by atoms with E-state index < -0.39 is 11.8 Å². The van der Waals surface area contributed by atoms with Crippen LogP contribution in [0.15, 0.2) is 0 Å². The zero-order valence-corrected chi connectivity index (χ0v) is 37.2. The highest BCUT2D eigenvalue weighted by molar-refractivity contribution is 5.63. The van der Waals surface area contributed by atoms with Crippen LogP contribution < -0.4 is 0 Å². The molecule has 0 amide bonds. The summed E-state index contributed by atoms with van der Waals surface area (Å²) >= 11 is 0. The van der Waals surface area contributed by atoms with Crippen molar-refractivity contribution in [2.75, 3.05) is 26.6 Å². The summed E-state index contributed by atoms with van der Waals surface area (Å²) in [6, 6.07) is 0. The molecule has 1 aliphatic carbocycles. The molecule has 0 unspecified atom stereocenters. The second kappa shape index (κ2) is 13.9. The second-order valence-corrected chi connectivity index (χ2v) is 23.6. The third kappa shape index (κ3) is 9.39. The lowest BCUT2D eigenvalue weighted by atomic mass is 9.63. The fourth-order valence-corrected chi connectivity index (χ4v) is 9.40. The molecule has 3 saturated heterocycles. The van der Waals surface area contributed by atoms with Crippen LogP contribution in [0.5, 0.6) is 0 Å². The lowest BCUT2D eigenvalue weighted by Crippen LogP contribution is -2.55. The molecule has 0 aromatic carbocycles. The van der Waals surface area contributed by atoms with E-state index in [-0.39, 0.29) is 43.7 Å². The average Bonchev–Trinajstić information content (AvgIpc) is 3.73. The Bertz CT molecular complexity index is 975. The van der Waals surface area contributed by atoms with E-state index in [0.717, 1.165) is 6.61 Å². The summed E-state index contributed by atoms with van der Waals surface area (Å²) in [6.07, 6.45) is 2.31. The number of carbonyl (C=O) groups is 1. The molecule has 3 aliphatic heterocycles. The number of hydrogen-bond acceptors (Lipinski definition) is 6. The zero-order valence-electron chi connectivity index (χ0n) is 37.2. The van der Waals surface area contributed by atoms with Crippen molar-refractivity contribution < 1.29 is 28.5 Å². The molecule has 6 nitrogen and oxygen atoms in total. The molecule has 4 fully saturated rings. The van der Waals surface area contributed by atoms with E-state index in [9.17, 15) is 4.79 Å². The molecule has 49 heavy (non-hydrogen) atoms. The van der Waals surface area contributed by atoms with Crippen molar-refractivity contribution in [2.24, 2.45) is 48.7 Å². The maximum Gasteiger partial charge on any atom is 0.509 e. The predicted octanol–water partition coefficient (Wildman–Crippen LogP) is 12.5. The summed E-state index contributed by atoms with van der Waals surface area (Å²) in [4.78, 5) is 11.1. The van der Waals surface area contributed by atoms with Gasteiger partial charge in [0.1, 0.15) is 24.6 Å². The van der Waals surface area contributed by atoms with Gasteiger partial charge in [-0.05, 0) is 50.7 Å². The van der Waals surface area contributed by atoms with Crippen LogP contribution in [0.2, 0.25) is 0 Å². The SMILES string of the molecule is CC(C)(C)C1(C(C)(C)C)CC1.CC(C)(C)C1(C(C)(C)C)CO1.CC(C)(C)C1(C(C)(C)C)COC(=O)O1.CC(C)(C)C1(C(C)(C)C)COCO1. The fraction of sp³-hybridized carbons (Fsp3) is 0.977. The summed E-state index contributed by atoms with van der Waals surface area (Å²) in [5.74, 6) is 0. The number of carbonyl (C=O) groups excluding carboxylic acids is 1. The molecule has 292 valence electrons. The summed E-state index contributed by atoms with van der Waals surface area (Å²) in [5, 5.41) is 0. The van der Waals surface area contributed by atoms with E-state index in [0.29, 0.717) is 36.3 Å². The topological polar surface area (TPSA) is 66.5 Å². The standard InChI is InChI=1S/C11H20O3.C11H22O2.C11H22.C10H20O/c1-9(2,3)11(10(4,5)6)7-13-8(12)14-11;1-9(2,3)11(10(4,5)6)7-12-8-13-11;1-9(2,3)11(7-8-11)10(4,5)6;1-8(2,3)10(7-11-10)9(4,5)6/h7H2,1-6H3;7-8H2,1-6H3;7-8H2,1-6H3;7H2,1-6H3. The molecule has 3 heterocycles. The monoisotopic (exact) mass is 697 g/mol. The number of epoxide rings is 1. The van der Waals surface area contributed by atoms with Crippen molar-refractivity contribution in [3.63, 3.8) is 0 Å². The molecule has 0 N–H and O–H groups in total. The molecule has 0 bridgehead atoms. The fourth-order valence-electron chi connectivity index (χ4n) is 9.40. The van der Waals surface area contributed by atoms with Crippen molar-refractivity contribution >= 4 is 6.16 Å². The van der Waals surface area contributed by atoms with E-state index in [1.807, 2.05) is 0 Å². The van der Waals surface area contributed by atoms with Gasteiger partial charge in [0.05, 0.1) is 13.2 Å². The Kier molecular flexibility index (Phi) is 13.1. The Hall–Kier alpha value is -0.850. The van der Waals surface area contributed by atoms with Crippen LogP contribution in [0.4, 0.5) is 4.79 Å². The van der Waals surface area contributed by atoms with Gasteiger partial charge in [-0.1, -0.05) is 166 Å². The van der Waals surface area contributed by atoms with Crippen LogP contribution in [-0.2, 0) is 23.7 Å². The van der Waals surface area contributed by atoms with E-state index in [1.165, 1.54) is 12.8 Å². The Morgan fingerprint density at radius 3 is 0.796 bits per heavy atom. The maximum atomic E-state index is 11.1. The number of ether oxygens (including phenoxy) is 5. The molecular formula is C43H84O6. The largest absolute Gasteiger partial charge is 0.509 e. The molecule has 0 radical (unpaired) electrons. The first-order valence-electron chi connectivity index (χ1n) is 18.9. The zero-order chi connectivity index (χ0) is 39.4. The van der Waals surface area contributed by atoms with Gasteiger partial charge in [-0.25, -0.2) is 4.79 Å². The molecule has 0 atom stereocenters. The highest BCUT2D eigenvalue weighted by Crippen LogP contribution is 2.67. The van der Waals surface area contributed by atoms with Crippen LogP contribution in [0.3, 0.4) is 0 Å². The van der Waals surface area contributed by atoms with Crippen molar-refractivity contribution in [1.82, 2.24) is 0 Å².